The third-order valence-corrected chi connectivity index (χ3v) is 3.30. The Morgan fingerprint density at radius 1 is 1.15 bits per heavy atom. The number of hydrogen-bond donors (Lipinski definition) is 1. The second-order valence-corrected chi connectivity index (χ2v) is 5.31. The summed E-state index contributed by atoms with van der Waals surface area (Å²) in [6.07, 6.45) is 1.90. The summed E-state index contributed by atoms with van der Waals surface area (Å²) in [6.45, 7) is 8.53. The molecule has 1 aromatic carbocycles. The molecule has 2 amide bonds. The molecule has 0 heterocycles. The average Bonchev–Trinajstić information content (AvgIpc) is 2.38. The smallest absolute Gasteiger partial charge is 0.313 e. The highest BCUT2D eigenvalue weighted by atomic mass is 16.2. The lowest BCUT2D eigenvalue weighted by molar-refractivity contribution is -0.142. The molecule has 0 saturated carbocycles. The summed E-state index contributed by atoms with van der Waals surface area (Å²) in [5.74, 6) is -1.06. The highest BCUT2D eigenvalue weighted by Gasteiger charge is 2.19. The van der Waals surface area contributed by atoms with Crippen molar-refractivity contribution >= 4 is 17.5 Å². The highest BCUT2D eigenvalue weighted by molar-refractivity contribution is 6.39. The minimum Gasteiger partial charge on any atom is -0.338 e. The SMILES string of the molecule is CCCCN(C)C(=O)C(=O)Nc1c(C)cc(C)cc1C. The van der Waals surface area contributed by atoms with Crippen LogP contribution in [0.2, 0.25) is 0 Å². The Labute approximate surface area is 121 Å². The van der Waals surface area contributed by atoms with E-state index in [4.69, 9.17) is 0 Å². The lowest BCUT2D eigenvalue weighted by Gasteiger charge is -2.17. The Hall–Kier alpha value is -1.84. The minimum absolute atomic E-state index is 0.488. The lowest BCUT2D eigenvalue weighted by Crippen LogP contribution is -2.37. The third-order valence-electron chi connectivity index (χ3n) is 3.30. The van der Waals surface area contributed by atoms with Gasteiger partial charge in [-0.15, -0.1) is 0 Å². The number of unbranched alkanes of at least 4 members (excludes halogenated alkanes) is 1. The molecular formula is C16H24N2O2. The van der Waals surface area contributed by atoms with Crippen molar-refractivity contribution in [1.82, 2.24) is 4.90 Å². The Morgan fingerprint density at radius 2 is 1.70 bits per heavy atom. The molecule has 1 N–H and O–H groups in total. The van der Waals surface area contributed by atoms with Gasteiger partial charge in [-0.3, -0.25) is 9.59 Å². The van der Waals surface area contributed by atoms with E-state index in [0.717, 1.165) is 35.2 Å². The van der Waals surface area contributed by atoms with Gasteiger partial charge in [0.2, 0.25) is 0 Å². The van der Waals surface area contributed by atoms with Crippen molar-refractivity contribution in [3.8, 4) is 0 Å². The van der Waals surface area contributed by atoms with E-state index < -0.39 is 11.8 Å². The van der Waals surface area contributed by atoms with Crippen LogP contribution >= 0.6 is 0 Å². The molecule has 4 nitrogen and oxygen atoms in total. The molecule has 0 aliphatic rings. The van der Waals surface area contributed by atoms with Gasteiger partial charge in [0.1, 0.15) is 0 Å². The summed E-state index contributed by atoms with van der Waals surface area (Å²) in [6, 6.07) is 3.99. The number of nitrogens with zero attached hydrogens (tertiary/aromatic N) is 1. The molecule has 0 unspecified atom stereocenters. The minimum atomic E-state index is -0.571. The van der Waals surface area contributed by atoms with Crippen LogP contribution in [-0.4, -0.2) is 30.3 Å². The number of hydrogen-bond acceptors (Lipinski definition) is 2. The Morgan fingerprint density at radius 3 is 2.20 bits per heavy atom. The van der Waals surface area contributed by atoms with Gasteiger partial charge in [0.25, 0.3) is 0 Å². The van der Waals surface area contributed by atoms with Gasteiger partial charge < -0.3 is 10.2 Å². The van der Waals surface area contributed by atoms with Crippen LogP contribution in [0.4, 0.5) is 5.69 Å². The summed E-state index contributed by atoms with van der Waals surface area (Å²) in [4.78, 5) is 25.4. The lowest BCUT2D eigenvalue weighted by atomic mass is 10.1. The van der Waals surface area contributed by atoms with Crippen molar-refractivity contribution in [2.75, 3.05) is 18.9 Å². The van der Waals surface area contributed by atoms with Gasteiger partial charge in [-0.1, -0.05) is 31.0 Å². The van der Waals surface area contributed by atoms with Gasteiger partial charge in [-0.25, -0.2) is 0 Å². The van der Waals surface area contributed by atoms with Crippen molar-refractivity contribution in [2.45, 2.75) is 40.5 Å². The average molecular weight is 276 g/mol. The standard InChI is InChI=1S/C16H24N2O2/c1-6-7-8-18(5)16(20)15(19)17-14-12(3)9-11(2)10-13(14)4/h9-10H,6-8H2,1-5H3,(H,17,19). The van der Waals surface area contributed by atoms with E-state index in [-0.39, 0.29) is 0 Å². The van der Waals surface area contributed by atoms with Crippen LogP contribution in [-0.2, 0) is 9.59 Å². The zero-order chi connectivity index (χ0) is 15.3. The van der Waals surface area contributed by atoms with Crippen LogP contribution in [0.15, 0.2) is 12.1 Å². The maximum atomic E-state index is 12.0. The first-order valence-electron chi connectivity index (χ1n) is 7.01. The fraction of sp³-hybridized carbons (Fsp3) is 0.500. The van der Waals surface area contributed by atoms with Crippen molar-refractivity contribution in [3.63, 3.8) is 0 Å². The van der Waals surface area contributed by atoms with E-state index in [9.17, 15) is 9.59 Å². The number of anilines is 1. The molecule has 0 atom stereocenters. The molecule has 110 valence electrons. The fourth-order valence-corrected chi connectivity index (χ4v) is 2.21. The van der Waals surface area contributed by atoms with Gasteiger partial charge in [0.15, 0.2) is 0 Å². The van der Waals surface area contributed by atoms with Crippen molar-refractivity contribution in [3.05, 3.63) is 28.8 Å². The number of carbonyl (C=O) groups is 2. The largest absolute Gasteiger partial charge is 0.338 e. The van der Waals surface area contributed by atoms with E-state index in [1.807, 2.05) is 32.9 Å². The second-order valence-electron chi connectivity index (χ2n) is 5.31. The van der Waals surface area contributed by atoms with Gasteiger partial charge in [0, 0.05) is 19.3 Å². The second kappa shape index (κ2) is 7.08. The Balaban J connectivity index is 2.78. The zero-order valence-corrected chi connectivity index (χ0v) is 13.0. The van der Waals surface area contributed by atoms with Crippen LogP contribution in [0.25, 0.3) is 0 Å². The number of likely N-dealkylation sites (N-methyl/N-ethyl adjacent to an activating group) is 1. The van der Waals surface area contributed by atoms with Crippen molar-refractivity contribution in [2.24, 2.45) is 0 Å². The summed E-state index contributed by atoms with van der Waals surface area (Å²) in [5.41, 5.74) is 3.82. The van der Waals surface area contributed by atoms with Crippen LogP contribution in [0, 0.1) is 20.8 Å². The maximum absolute atomic E-state index is 12.0. The normalized spacial score (nSPS) is 10.2. The molecule has 4 heteroatoms. The Bertz CT molecular complexity index is 486. The predicted molar refractivity (Wildman–Crippen MR) is 81.8 cm³/mol. The van der Waals surface area contributed by atoms with Crippen LogP contribution < -0.4 is 5.32 Å². The molecule has 1 rings (SSSR count). The zero-order valence-electron chi connectivity index (χ0n) is 13.0. The first-order chi connectivity index (χ1) is 9.36. The van der Waals surface area contributed by atoms with Crippen molar-refractivity contribution in [1.29, 1.82) is 0 Å². The summed E-state index contributed by atoms with van der Waals surface area (Å²) in [5, 5.41) is 2.73. The van der Waals surface area contributed by atoms with E-state index in [0.29, 0.717) is 6.54 Å². The topological polar surface area (TPSA) is 49.4 Å². The molecule has 0 aromatic heterocycles. The first kappa shape index (κ1) is 16.2. The molecule has 0 fully saturated rings. The number of carbonyl (C=O) groups excluding carboxylic acids is 2. The van der Waals surface area contributed by atoms with E-state index in [1.165, 1.54) is 4.90 Å². The molecular weight excluding hydrogens is 252 g/mol. The molecule has 0 aliphatic carbocycles. The summed E-state index contributed by atoms with van der Waals surface area (Å²) < 4.78 is 0. The number of rotatable bonds is 4. The summed E-state index contributed by atoms with van der Waals surface area (Å²) >= 11 is 0. The van der Waals surface area contributed by atoms with Crippen LogP contribution in [0.3, 0.4) is 0 Å². The highest BCUT2D eigenvalue weighted by Crippen LogP contribution is 2.21. The number of amides is 2. The van der Waals surface area contributed by atoms with Gasteiger partial charge in [0.05, 0.1) is 0 Å². The maximum Gasteiger partial charge on any atom is 0.313 e. The quantitative estimate of drug-likeness (QED) is 0.860. The van der Waals surface area contributed by atoms with E-state index >= 15 is 0 Å². The molecule has 0 aliphatic heterocycles. The van der Waals surface area contributed by atoms with Gasteiger partial charge in [-0.2, -0.15) is 0 Å². The van der Waals surface area contributed by atoms with Crippen molar-refractivity contribution < 1.29 is 9.59 Å². The van der Waals surface area contributed by atoms with E-state index in [1.54, 1.807) is 7.05 Å². The molecule has 1 aromatic rings. The number of nitrogens with one attached hydrogen (secondary N) is 1. The van der Waals surface area contributed by atoms with Gasteiger partial charge in [-0.05, 0) is 38.3 Å². The van der Waals surface area contributed by atoms with E-state index in [2.05, 4.69) is 12.2 Å². The molecule has 0 radical (unpaired) electrons. The molecule has 0 saturated heterocycles. The fourth-order valence-electron chi connectivity index (χ4n) is 2.21. The molecule has 0 spiro atoms. The van der Waals surface area contributed by atoms with Crippen LogP contribution in [0.5, 0.6) is 0 Å². The third kappa shape index (κ3) is 4.08. The molecule has 0 bridgehead atoms. The van der Waals surface area contributed by atoms with Crippen LogP contribution in [0.1, 0.15) is 36.5 Å². The monoisotopic (exact) mass is 276 g/mol. The first-order valence-corrected chi connectivity index (χ1v) is 7.01. The number of benzene rings is 1. The molecule has 20 heavy (non-hydrogen) atoms. The Kier molecular flexibility index (Phi) is 5.74. The predicted octanol–water partition coefficient (Wildman–Crippen LogP) is 2.81. The summed E-state index contributed by atoms with van der Waals surface area (Å²) in [7, 11) is 1.66. The van der Waals surface area contributed by atoms with Gasteiger partial charge >= 0.3 is 11.8 Å². The number of aryl methyl sites for hydroxylation is 3.